The van der Waals surface area contributed by atoms with E-state index < -0.39 is 5.63 Å². The van der Waals surface area contributed by atoms with Crippen molar-refractivity contribution < 1.29 is 9.52 Å². The van der Waals surface area contributed by atoms with Crippen LogP contribution in [0.4, 0.5) is 0 Å². The van der Waals surface area contributed by atoms with Crippen molar-refractivity contribution in [2.75, 3.05) is 0 Å². The van der Waals surface area contributed by atoms with Gasteiger partial charge in [0.1, 0.15) is 23.0 Å². The monoisotopic (exact) mass is 323 g/mol. The van der Waals surface area contributed by atoms with E-state index in [0.29, 0.717) is 21.6 Å². The lowest BCUT2D eigenvalue weighted by atomic mass is 10.0. The molecule has 0 bridgehead atoms. The fraction of sp³-hybridized carbons (Fsp3) is 0. The minimum absolute atomic E-state index is 0.0869. The summed E-state index contributed by atoms with van der Waals surface area (Å²) < 4.78 is 5.14. The summed E-state index contributed by atoms with van der Waals surface area (Å²) in [5, 5.41) is 19.8. The molecule has 0 aliphatic carbocycles. The molecule has 0 atom stereocenters. The molecule has 112 valence electrons. The number of aromatic hydroxyl groups is 1. The maximum Gasteiger partial charge on any atom is 0.354 e. The Labute approximate surface area is 136 Å². The summed E-state index contributed by atoms with van der Waals surface area (Å²) in [6, 6.07) is 13.3. The Bertz CT molecular complexity index is 1030. The van der Waals surface area contributed by atoms with E-state index in [0.717, 1.165) is 5.56 Å². The van der Waals surface area contributed by atoms with Crippen LogP contribution in [-0.4, -0.2) is 5.11 Å². The molecular weight excluding hydrogens is 314 g/mol. The molecule has 0 unspecified atom stereocenters. The zero-order valence-electron chi connectivity index (χ0n) is 11.8. The molecule has 3 rings (SSSR count). The summed E-state index contributed by atoms with van der Waals surface area (Å²) in [6.07, 6.45) is 3.35. The van der Waals surface area contributed by atoms with Crippen LogP contribution in [0.3, 0.4) is 0 Å². The van der Waals surface area contributed by atoms with Crippen LogP contribution in [0.15, 0.2) is 51.7 Å². The highest BCUT2D eigenvalue weighted by atomic mass is 35.5. The van der Waals surface area contributed by atoms with Gasteiger partial charge in [0, 0.05) is 16.0 Å². The summed E-state index contributed by atoms with van der Waals surface area (Å²) in [7, 11) is 0. The number of rotatable bonds is 2. The van der Waals surface area contributed by atoms with E-state index in [1.165, 1.54) is 0 Å². The lowest BCUT2D eigenvalue weighted by Crippen LogP contribution is -2.06. The van der Waals surface area contributed by atoms with Crippen LogP contribution >= 0.6 is 11.6 Å². The highest BCUT2D eigenvalue weighted by Crippen LogP contribution is 2.25. The first-order valence-electron chi connectivity index (χ1n) is 6.72. The molecule has 0 saturated heterocycles. The molecule has 0 aliphatic heterocycles. The number of phenolic OH excluding ortho intramolecular Hbond substituents is 1. The average Bonchev–Trinajstić information content (AvgIpc) is 2.53. The third-order valence-corrected chi connectivity index (χ3v) is 3.57. The van der Waals surface area contributed by atoms with Gasteiger partial charge >= 0.3 is 5.63 Å². The van der Waals surface area contributed by atoms with Gasteiger partial charge in [-0.2, -0.15) is 5.26 Å². The second kappa shape index (κ2) is 5.99. The predicted molar refractivity (Wildman–Crippen MR) is 89.2 cm³/mol. The second-order valence-electron chi connectivity index (χ2n) is 4.86. The van der Waals surface area contributed by atoms with Gasteiger partial charge in [-0.25, -0.2) is 4.79 Å². The molecule has 1 aromatic heterocycles. The standard InChI is InChI=1S/C18H10ClNO3/c19-12-5-7-17-15(9-12)14(16(10-20)18(22)23-17)6-4-11-2-1-3-13(21)8-11/h1-9,21H/b6-4+. The molecule has 0 amide bonds. The number of nitrogens with zero attached hydrogens (tertiary/aromatic N) is 1. The Morgan fingerprint density at radius 1 is 1.17 bits per heavy atom. The quantitative estimate of drug-likeness (QED) is 0.717. The summed E-state index contributed by atoms with van der Waals surface area (Å²) >= 11 is 6.00. The summed E-state index contributed by atoms with van der Waals surface area (Å²) in [5.41, 5.74) is 0.741. The first-order valence-corrected chi connectivity index (χ1v) is 7.10. The van der Waals surface area contributed by atoms with Gasteiger partial charge in [-0.15, -0.1) is 0 Å². The minimum Gasteiger partial charge on any atom is -0.508 e. The smallest absolute Gasteiger partial charge is 0.354 e. The zero-order valence-corrected chi connectivity index (χ0v) is 12.5. The van der Waals surface area contributed by atoms with Gasteiger partial charge in [0.05, 0.1) is 0 Å². The first kappa shape index (κ1) is 14.9. The van der Waals surface area contributed by atoms with Crippen LogP contribution in [0.25, 0.3) is 23.1 Å². The molecule has 1 heterocycles. The molecule has 0 radical (unpaired) electrons. The molecule has 23 heavy (non-hydrogen) atoms. The van der Waals surface area contributed by atoms with E-state index in [4.69, 9.17) is 16.0 Å². The van der Waals surface area contributed by atoms with E-state index in [2.05, 4.69) is 0 Å². The number of benzene rings is 2. The number of fused-ring (bicyclic) bond motifs is 1. The third kappa shape index (κ3) is 2.96. The van der Waals surface area contributed by atoms with E-state index in [1.54, 1.807) is 54.6 Å². The molecule has 0 saturated carbocycles. The first-order chi connectivity index (χ1) is 11.1. The van der Waals surface area contributed by atoms with Crippen molar-refractivity contribution in [3.8, 4) is 11.8 Å². The second-order valence-corrected chi connectivity index (χ2v) is 5.30. The Morgan fingerprint density at radius 3 is 2.74 bits per heavy atom. The number of phenols is 1. The third-order valence-electron chi connectivity index (χ3n) is 3.33. The van der Waals surface area contributed by atoms with Crippen molar-refractivity contribution in [1.29, 1.82) is 5.26 Å². The molecule has 0 aliphatic rings. The van der Waals surface area contributed by atoms with Gasteiger partial charge in [-0.3, -0.25) is 0 Å². The van der Waals surface area contributed by atoms with Crippen LogP contribution in [-0.2, 0) is 0 Å². The molecule has 0 fully saturated rings. The molecule has 4 nitrogen and oxygen atoms in total. The Hall–Kier alpha value is -3.03. The van der Waals surface area contributed by atoms with E-state index >= 15 is 0 Å². The van der Waals surface area contributed by atoms with Crippen molar-refractivity contribution >= 4 is 34.7 Å². The molecule has 3 aromatic rings. The summed E-state index contributed by atoms with van der Waals surface area (Å²) in [4.78, 5) is 11.9. The van der Waals surface area contributed by atoms with E-state index in [1.807, 2.05) is 6.07 Å². The lowest BCUT2D eigenvalue weighted by Gasteiger charge is -2.04. The topological polar surface area (TPSA) is 74.2 Å². The fourth-order valence-corrected chi connectivity index (χ4v) is 2.46. The van der Waals surface area contributed by atoms with Crippen LogP contribution in [0.5, 0.6) is 5.75 Å². The van der Waals surface area contributed by atoms with Gasteiger partial charge in [-0.05, 0) is 35.9 Å². The van der Waals surface area contributed by atoms with Gasteiger partial charge in [0.2, 0.25) is 0 Å². The maximum atomic E-state index is 11.9. The highest BCUT2D eigenvalue weighted by Gasteiger charge is 2.12. The lowest BCUT2D eigenvalue weighted by molar-refractivity contribution is 0.475. The zero-order chi connectivity index (χ0) is 16.4. The van der Waals surface area contributed by atoms with Crippen LogP contribution in [0, 0.1) is 11.3 Å². The van der Waals surface area contributed by atoms with Crippen LogP contribution in [0.2, 0.25) is 5.02 Å². The van der Waals surface area contributed by atoms with Gasteiger partial charge in [0.15, 0.2) is 0 Å². The molecule has 0 spiro atoms. The average molecular weight is 324 g/mol. The molecule has 1 N–H and O–H groups in total. The molecular formula is C18H10ClNO3. The van der Waals surface area contributed by atoms with Crippen molar-refractivity contribution in [1.82, 2.24) is 0 Å². The number of nitriles is 1. The predicted octanol–water partition coefficient (Wildman–Crippen LogP) is 4.19. The fourth-order valence-electron chi connectivity index (χ4n) is 2.28. The number of hydrogen-bond donors (Lipinski definition) is 1. The van der Waals surface area contributed by atoms with Gasteiger partial charge < -0.3 is 9.52 Å². The SMILES string of the molecule is N#Cc1c(/C=C/c2cccc(O)c2)c2cc(Cl)ccc2oc1=O. The van der Waals surface area contributed by atoms with Crippen LogP contribution < -0.4 is 5.63 Å². The van der Waals surface area contributed by atoms with Crippen molar-refractivity contribution in [2.24, 2.45) is 0 Å². The molecule has 2 aromatic carbocycles. The minimum atomic E-state index is -0.696. The number of halogens is 1. The largest absolute Gasteiger partial charge is 0.508 e. The van der Waals surface area contributed by atoms with Crippen molar-refractivity contribution in [2.45, 2.75) is 0 Å². The number of hydrogen-bond acceptors (Lipinski definition) is 4. The Kier molecular flexibility index (Phi) is 3.88. The molecule has 5 heteroatoms. The normalized spacial score (nSPS) is 11.0. The van der Waals surface area contributed by atoms with Crippen molar-refractivity contribution in [3.63, 3.8) is 0 Å². The van der Waals surface area contributed by atoms with Crippen LogP contribution in [0.1, 0.15) is 16.7 Å². The van der Waals surface area contributed by atoms with E-state index in [-0.39, 0.29) is 11.3 Å². The van der Waals surface area contributed by atoms with Gasteiger partial charge in [0.25, 0.3) is 0 Å². The van der Waals surface area contributed by atoms with E-state index in [9.17, 15) is 15.2 Å². The Morgan fingerprint density at radius 2 is 2.00 bits per heavy atom. The maximum absolute atomic E-state index is 11.9. The highest BCUT2D eigenvalue weighted by molar-refractivity contribution is 6.31. The van der Waals surface area contributed by atoms with Crippen molar-refractivity contribution in [3.05, 3.63) is 74.6 Å². The Balaban J connectivity index is 2.24. The van der Waals surface area contributed by atoms with Gasteiger partial charge in [-0.1, -0.05) is 35.9 Å². The summed E-state index contributed by atoms with van der Waals surface area (Å²) in [5.74, 6) is 0.133. The summed E-state index contributed by atoms with van der Waals surface area (Å²) in [6.45, 7) is 0.